The fourth-order valence-electron chi connectivity index (χ4n) is 3.34. The summed E-state index contributed by atoms with van der Waals surface area (Å²) < 4.78 is 5.61. The van der Waals surface area contributed by atoms with E-state index >= 15 is 0 Å². The lowest BCUT2D eigenvalue weighted by Gasteiger charge is -2.34. The van der Waals surface area contributed by atoms with Crippen molar-refractivity contribution in [3.05, 3.63) is 17.3 Å². The van der Waals surface area contributed by atoms with Crippen LogP contribution in [0, 0.1) is 25.7 Å². The summed E-state index contributed by atoms with van der Waals surface area (Å²) in [5.41, 5.74) is 0.940. The Labute approximate surface area is 175 Å². The van der Waals surface area contributed by atoms with Crippen LogP contribution in [0.25, 0.3) is 0 Å². The SMILES string of the molecule is CCNC(=NCc1nc(C)c(C)o1)NCC1CCCN(CC(C)C)C1.I. The van der Waals surface area contributed by atoms with Crippen molar-refractivity contribution in [2.45, 2.75) is 54.0 Å². The van der Waals surface area contributed by atoms with Crippen LogP contribution in [-0.2, 0) is 6.54 Å². The van der Waals surface area contributed by atoms with E-state index in [-0.39, 0.29) is 24.0 Å². The standard InChI is InChI=1S/C19H35N5O.HI/c1-6-20-19(22-11-18-23-15(4)16(5)25-18)21-10-17-8-7-9-24(13-17)12-14(2)3;/h14,17H,6-13H2,1-5H3,(H2,20,21,22);1H. The predicted molar refractivity (Wildman–Crippen MR) is 118 cm³/mol. The molecule has 1 unspecified atom stereocenters. The Morgan fingerprint density at radius 1 is 1.35 bits per heavy atom. The molecule has 1 aromatic rings. The Morgan fingerprint density at radius 3 is 2.73 bits per heavy atom. The number of likely N-dealkylation sites (tertiary alicyclic amines) is 1. The highest BCUT2D eigenvalue weighted by molar-refractivity contribution is 14.0. The van der Waals surface area contributed by atoms with Crippen molar-refractivity contribution in [3.8, 4) is 0 Å². The smallest absolute Gasteiger partial charge is 0.216 e. The molecule has 7 heteroatoms. The molecule has 0 aliphatic carbocycles. The number of piperidine rings is 1. The average Bonchev–Trinajstić information content (AvgIpc) is 2.88. The summed E-state index contributed by atoms with van der Waals surface area (Å²) in [5.74, 6) is 3.81. The Hall–Kier alpha value is -0.830. The van der Waals surface area contributed by atoms with Gasteiger partial charge in [-0.15, -0.1) is 24.0 Å². The number of halogens is 1. The number of nitrogens with one attached hydrogen (secondary N) is 2. The van der Waals surface area contributed by atoms with Gasteiger partial charge in [-0.2, -0.15) is 0 Å². The molecule has 1 aliphatic heterocycles. The zero-order valence-corrected chi connectivity index (χ0v) is 19.3. The van der Waals surface area contributed by atoms with Crippen molar-refractivity contribution in [2.75, 3.05) is 32.7 Å². The first-order chi connectivity index (χ1) is 12.0. The second-order valence-corrected chi connectivity index (χ2v) is 7.49. The predicted octanol–water partition coefficient (Wildman–Crippen LogP) is 3.33. The third-order valence-corrected chi connectivity index (χ3v) is 4.57. The molecule has 0 radical (unpaired) electrons. The van der Waals surface area contributed by atoms with Crippen LogP contribution in [0.1, 0.15) is 51.0 Å². The number of aryl methyl sites for hydroxylation is 2. The van der Waals surface area contributed by atoms with Crippen LogP contribution in [0.4, 0.5) is 0 Å². The highest BCUT2D eigenvalue weighted by Gasteiger charge is 2.20. The molecular formula is C19H36IN5O. The minimum absolute atomic E-state index is 0. The first-order valence-corrected chi connectivity index (χ1v) is 9.65. The van der Waals surface area contributed by atoms with E-state index in [1.54, 1.807) is 0 Å². The summed E-state index contributed by atoms with van der Waals surface area (Å²) in [6.07, 6.45) is 2.58. The van der Waals surface area contributed by atoms with Crippen molar-refractivity contribution in [2.24, 2.45) is 16.8 Å². The van der Waals surface area contributed by atoms with Crippen LogP contribution in [0.2, 0.25) is 0 Å². The molecule has 6 nitrogen and oxygen atoms in total. The van der Waals surface area contributed by atoms with Gasteiger partial charge in [0.1, 0.15) is 12.3 Å². The van der Waals surface area contributed by atoms with Crippen molar-refractivity contribution in [1.29, 1.82) is 0 Å². The van der Waals surface area contributed by atoms with Crippen molar-refractivity contribution >= 4 is 29.9 Å². The van der Waals surface area contributed by atoms with Gasteiger partial charge in [-0.1, -0.05) is 13.8 Å². The molecule has 0 saturated carbocycles. The number of rotatable bonds is 7. The Morgan fingerprint density at radius 2 is 2.12 bits per heavy atom. The van der Waals surface area contributed by atoms with Gasteiger partial charge in [0.05, 0.1) is 5.69 Å². The van der Waals surface area contributed by atoms with Gasteiger partial charge in [0.2, 0.25) is 5.89 Å². The lowest BCUT2D eigenvalue weighted by molar-refractivity contribution is 0.159. The molecule has 2 N–H and O–H groups in total. The van der Waals surface area contributed by atoms with E-state index in [9.17, 15) is 0 Å². The van der Waals surface area contributed by atoms with E-state index < -0.39 is 0 Å². The molecule has 26 heavy (non-hydrogen) atoms. The number of nitrogens with zero attached hydrogens (tertiary/aromatic N) is 3. The van der Waals surface area contributed by atoms with Gasteiger partial charge in [0, 0.05) is 26.2 Å². The van der Waals surface area contributed by atoms with Gasteiger partial charge in [-0.25, -0.2) is 9.98 Å². The second kappa shape index (κ2) is 11.8. The maximum Gasteiger partial charge on any atom is 0.216 e. The van der Waals surface area contributed by atoms with Crippen molar-refractivity contribution < 1.29 is 4.42 Å². The third-order valence-electron chi connectivity index (χ3n) is 4.57. The highest BCUT2D eigenvalue weighted by Crippen LogP contribution is 2.16. The van der Waals surface area contributed by atoms with Crippen LogP contribution >= 0.6 is 24.0 Å². The normalized spacial score (nSPS) is 18.7. The van der Waals surface area contributed by atoms with Gasteiger partial charge >= 0.3 is 0 Å². The molecule has 1 atom stereocenters. The summed E-state index contributed by atoms with van der Waals surface area (Å²) in [7, 11) is 0. The van der Waals surface area contributed by atoms with Gasteiger partial charge in [0.25, 0.3) is 0 Å². The molecule has 0 spiro atoms. The first kappa shape index (κ1) is 23.2. The summed E-state index contributed by atoms with van der Waals surface area (Å²) in [4.78, 5) is 11.6. The Kier molecular flexibility index (Phi) is 10.5. The summed E-state index contributed by atoms with van der Waals surface area (Å²) in [5, 5.41) is 6.81. The van der Waals surface area contributed by atoms with Crippen molar-refractivity contribution in [1.82, 2.24) is 20.5 Å². The maximum absolute atomic E-state index is 5.61. The molecule has 0 amide bonds. The molecule has 0 aromatic carbocycles. The molecule has 0 bridgehead atoms. The monoisotopic (exact) mass is 477 g/mol. The quantitative estimate of drug-likeness (QED) is 0.358. The number of aromatic nitrogens is 1. The molecule has 1 aliphatic rings. The van der Waals surface area contributed by atoms with E-state index in [0.29, 0.717) is 18.4 Å². The molecule has 2 heterocycles. The fourth-order valence-corrected chi connectivity index (χ4v) is 3.34. The topological polar surface area (TPSA) is 65.7 Å². The van der Waals surface area contributed by atoms with E-state index in [2.05, 4.69) is 46.3 Å². The van der Waals surface area contributed by atoms with E-state index in [0.717, 1.165) is 36.4 Å². The number of hydrogen-bond donors (Lipinski definition) is 2. The highest BCUT2D eigenvalue weighted by atomic mass is 127. The van der Waals surface area contributed by atoms with E-state index in [1.807, 2.05) is 13.8 Å². The number of guanidine groups is 1. The minimum Gasteiger partial charge on any atom is -0.444 e. The summed E-state index contributed by atoms with van der Waals surface area (Å²) in [6.45, 7) is 16.5. The van der Waals surface area contributed by atoms with Gasteiger partial charge in [-0.05, 0) is 52.0 Å². The van der Waals surface area contributed by atoms with Crippen LogP contribution in [0.3, 0.4) is 0 Å². The zero-order chi connectivity index (χ0) is 18.2. The Bertz CT molecular complexity index is 539. The second-order valence-electron chi connectivity index (χ2n) is 7.49. The largest absolute Gasteiger partial charge is 0.444 e. The molecular weight excluding hydrogens is 441 g/mol. The zero-order valence-electron chi connectivity index (χ0n) is 17.0. The fraction of sp³-hybridized carbons (Fsp3) is 0.789. The third kappa shape index (κ3) is 7.82. The van der Waals surface area contributed by atoms with Crippen molar-refractivity contribution in [3.63, 3.8) is 0 Å². The number of aliphatic imine (C=N–C) groups is 1. The molecule has 1 saturated heterocycles. The van der Waals surface area contributed by atoms with E-state index in [1.165, 1.54) is 32.5 Å². The lowest BCUT2D eigenvalue weighted by atomic mass is 9.97. The number of hydrogen-bond acceptors (Lipinski definition) is 4. The molecule has 2 rings (SSSR count). The Balaban J connectivity index is 0.00000338. The average molecular weight is 477 g/mol. The summed E-state index contributed by atoms with van der Waals surface area (Å²) in [6, 6.07) is 0. The molecule has 1 fully saturated rings. The first-order valence-electron chi connectivity index (χ1n) is 9.65. The number of oxazole rings is 1. The van der Waals surface area contributed by atoms with Gasteiger partial charge < -0.3 is 20.0 Å². The van der Waals surface area contributed by atoms with Crippen LogP contribution < -0.4 is 10.6 Å². The van der Waals surface area contributed by atoms with Crippen LogP contribution in [-0.4, -0.2) is 48.6 Å². The lowest BCUT2D eigenvalue weighted by Crippen LogP contribution is -2.45. The molecule has 150 valence electrons. The van der Waals surface area contributed by atoms with Crippen LogP contribution in [0.15, 0.2) is 9.41 Å². The van der Waals surface area contributed by atoms with Gasteiger partial charge in [0.15, 0.2) is 5.96 Å². The van der Waals surface area contributed by atoms with Gasteiger partial charge in [-0.3, -0.25) is 0 Å². The molecule has 1 aromatic heterocycles. The minimum atomic E-state index is 0. The summed E-state index contributed by atoms with van der Waals surface area (Å²) >= 11 is 0. The maximum atomic E-state index is 5.61. The van der Waals surface area contributed by atoms with E-state index in [4.69, 9.17) is 4.42 Å². The van der Waals surface area contributed by atoms with Crippen LogP contribution in [0.5, 0.6) is 0 Å².